The molecule has 5 fully saturated rings. The van der Waals surface area contributed by atoms with Crippen molar-refractivity contribution in [3.8, 4) is 0 Å². The molecule has 0 radical (unpaired) electrons. The van der Waals surface area contributed by atoms with Crippen molar-refractivity contribution in [3.63, 3.8) is 0 Å². The van der Waals surface area contributed by atoms with Gasteiger partial charge in [0.1, 0.15) is 0 Å². The molecule has 1 aliphatic heterocycles. The SMILES string of the molecule is CC1CNCC(C23CC4CC(CC(C4)C2)C3)OC1. The minimum Gasteiger partial charge on any atom is -0.376 e. The van der Waals surface area contributed by atoms with Crippen LogP contribution in [0.3, 0.4) is 0 Å². The van der Waals surface area contributed by atoms with Crippen molar-refractivity contribution < 1.29 is 4.74 Å². The van der Waals surface area contributed by atoms with Crippen LogP contribution in [-0.4, -0.2) is 25.8 Å². The van der Waals surface area contributed by atoms with E-state index in [9.17, 15) is 0 Å². The molecule has 0 aromatic heterocycles. The van der Waals surface area contributed by atoms with Gasteiger partial charge in [0.2, 0.25) is 0 Å². The van der Waals surface area contributed by atoms with E-state index in [4.69, 9.17) is 4.74 Å². The van der Waals surface area contributed by atoms with E-state index in [1.54, 1.807) is 0 Å². The molecule has 1 N–H and O–H groups in total. The van der Waals surface area contributed by atoms with Crippen LogP contribution in [0.25, 0.3) is 0 Å². The van der Waals surface area contributed by atoms with Crippen molar-refractivity contribution in [1.29, 1.82) is 0 Å². The summed E-state index contributed by atoms with van der Waals surface area (Å²) in [5, 5.41) is 3.65. The maximum atomic E-state index is 6.34. The Morgan fingerprint density at radius 3 is 2.17 bits per heavy atom. The molecular formula is C16H27NO. The molecule has 0 aromatic rings. The number of hydrogen-bond acceptors (Lipinski definition) is 2. The summed E-state index contributed by atoms with van der Waals surface area (Å²) in [4.78, 5) is 0. The van der Waals surface area contributed by atoms with Gasteiger partial charge >= 0.3 is 0 Å². The molecule has 5 rings (SSSR count). The lowest BCUT2D eigenvalue weighted by atomic mass is 9.48. The first-order valence-electron chi connectivity index (χ1n) is 8.06. The fourth-order valence-electron chi connectivity index (χ4n) is 5.82. The van der Waals surface area contributed by atoms with Crippen molar-refractivity contribution >= 4 is 0 Å². The highest BCUT2D eigenvalue weighted by Crippen LogP contribution is 2.61. The molecule has 4 aliphatic carbocycles. The number of hydrogen-bond donors (Lipinski definition) is 1. The second-order valence-electron chi connectivity index (χ2n) is 7.87. The molecule has 5 aliphatic rings. The smallest absolute Gasteiger partial charge is 0.0755 e. The molecule has 2 heteroatoms. The average Bonchev–Trinajstić information content (AvgIpc) is 2.52. The van der Waals surface area contributed by atoms with Crippen LogP contribution in [0.4, 0.5) is 0 Å². The van der Waals surface area contributed by atoms with Gasteiger partial charge in [-0.25, -0.2) is 0 Å². The molecule has 0 amide bonds. The van der Waals surface area contributed by atoms with Crippen molar-refractivity contribution in [3.05, 3.63) is 0 Å². The zero-order chi connectivity index (χ0) is 12.2. The molecule has 0 aromatic carbocycles. The van der Waals surface area contributed by atoms with E-state index in [0.29, 0.717) is 17.4 Å². The summed E-state index contributed by atoms with van der Waals surface area (Å²) in [5.41, 5.74) is 0.561. The van der Waals surface area contributed by atoms with Gasteiger partial charge in [-0.1, -0.05) is 6.92 Å². The summed E-state index contributed by atoms with van der Waals surface area (Å²) in [7, 11) is 0. The Morgan fingerprint density at radius 1 is 0.944 bits per heavy atom. The molecule has 1 saturated heterocycles. The first-order valence-corrected chi connectivity index (χ1v) is 8.06. The second kappa shape index (κ2) is 4.21. The maximum Gasteiger partial charge on any atom is 0.0755 e. The Bertz CT molecular complexity index is 292. The molecule has 2 atom stereocenters. The fraction of sp³-hybridized carbons (Fsp3) is 1.00. The minimum atomic E-state index is 0.510. The van der Waals surface area contributed by atoms with Gasteiger partial charge in [-0.3, -0.25) is 0 Å². The van der Waals surface area contributed by atoms with E-state index in [1.165, 1.54) is 38.5 Å². The molecule has 0 spiro atoms. The maximum absolute atomic E-state index is 6.34. The summed E-state index contributed by atoms with van der Waals surface area (Å²) < 4.78 is 6.34. The summed E-state index contributed by atoms with van der Waals surface area (Å²) in [6, 6.07) is 0. The topological polar surface area (TPSA) is 21.3 Å². The van der Waals surface area contributed by atoms with Gasteiger partial charge in [0.05, 0.1) is 12.7 Å². The molecule has 2 unspecified atom stereocenters. The van der Waals surface area contributed by atoms with Crippen molar-refractivity contribution in [1.82, 2.24) is 5.32 Å². The highest BCUT2D eigenvalue weighted by molar-refractivity contribution is 5.05. The van der Waals surface area contributed by atoms with Crippen molar-refractivity contribution in [2.75, 3.05) is 19.7 Å². The summed E-state index contributed by atoms with van der Waals surface area (Å²) in [6.45, 7) is 5.52. The van der Waals surface area contributed by atoms with Crippen LogP contribution in [0.5, 0.6) is 0 Å². The first kappa shape index (κ1) is 11.7. The molecule has 102 valence electrons. The minimum absolute atomic E-state index is 0.510. The van der Waals surface area contributed by atoms with Gasteiger partial charge in [-0.15, -0.1) is 0 Å². The van der Waals surface area contributed by atoms with Gasteiger partial charge in [-0.2, -0.15) is 0 Å². The van der Waals surface area contributed by atoms with Crippen LogP contribution in [0.2, 0.25) is 0 Å². The van der Waals surface area contributed by atoms with E-state index >= 15 is 0 Å². The van der Waals surface area contributed by atoms with Gasteiger partial charge in [0.15, 0.2) is 0 Å². The van der Waals surface area contributed by atoms with E-state index < -0.39 is 0 Å². The summed E-state index contributed by atoms with van der Waals surface area (Å²) >= 11 is 0. The van der Waals surface area contributed by atoms with Crippen LogP contribution in [0.1, 0.15) is 45.4 Å². The van der Waals surface area contributed by atoms with Gasteiger partial charge in [-0.05, 0) is 74.2 Å². The van der Waals surface area contributed by atoms with Gasteiger partial charge < -0.3 is 10.1 Å². The largest absolute Gasteiger partial charge is 0.376 e. The Morgan fingerprint density at radius 2 is 1.56 bits per heavy atom. The second-order valence-corrected chi connectivity index (χ2v) is 7.87. The highest BCUT2D eigenvalue weighted by atomic mass is 16.5. The Hall–Kier alpha value is -0.0800. The zero-order valence-corrected chi connectivity index (χ0v) is 11.7. The number of nitrogens with one attached hydrogen (secondary N) is 1. The molecule has 2 nitrogen and oxygen atoms in total. The van der Waals surface area contributed by atoms with Gasteiger partial charge in [0, 0.05) is 6.54 Å². The third-order valence-electron chi connectivity index (χ3n) is 6.17. The first-order chi connectivity index (χ1) is 8.73. The normalized spacial score (nSPS) is 55.5. The Kier molecular flexibility index (Phi) is 2.74. The molecular weight excluding hydrogens is 222 g/mol. The van der Waals surface area contributed by atoms with Crippen molar-refractivity contribution in [2.45, 2.75) is 51.6 Å². The van der Waals surface area contributed by atoms with E-state index in [1.807, 2.05) is 0 Å². The summed E-state index contributed by atoms with van der Waals surface area (Å²) in [5.74, 6) is 3.81. The predicted molar refractivity (Wildman–Crippen MR) is 72.4 cm³/mol. The zero-order valence-electron chi connectivity index (χ0n) is 11.7. The molecule has 18 heavy (non-hydrogen) atoms. The lowest BCUT2D eigenvalue weighted by Gasteiger charge is -2.59. The summed E-state index contributed by atoms with van der Waals surface area (Å²) in [6.07, 6.45) is 9.54. The highest BCUT2D eigenvalue weighted by Gasteiger charge is 2.54. The lowest BCUT2D eigenvalue weighted by Crippen LogP contribution is -2.54. The third kappa shape index (κ3) is 1.84. The average molecular weight is 249 g/mol. The van der Waals surface area contributed by atoms with Crippen LogP contribution in [0.15, 0.2) is 0 Å². The third-order valence-corrected chi connectivity index (χ3v) is 6.17. The predicted octanol–water partition coefficient (Wildman–Crippen LogP) is 2.83. The van der Waals surface area contributed by atoms with Crippen LogP contribution in [-0.2, 0) is 4.74 Å². The number of ether oxygens (including phenoxy) is 1. The van der Waals surface area contributed by atoms with Crippen molar-refractivity contribution in [2.24, 2.45) is 29.1 Å². The molecule has 4 saturated carbocycles. The fourth-order valence-corrected chi connectivity index (χ4v) is 5.82. The quantitative estimate of drug-likeness (QED) is 0.771. The number of rotatable bonds is 1. The van der Waals surface area contributed by atoms with Crippen LogP contribution < -0.4 is 5.32 Å². The standard InChI is InChI=1S/C16H27NO/c1-11-8-17-9-15(18-10-11)16-5-12-2-13(6-16)4-14(3-12)7-16/h11-15,17H,2-10H2,1H3. The molecule has 1 heterocycles. The molecule has 4 bridgehead atoms. The van der Waals surface area contributed by atoms with Crippen LogP contribution in [0, 0.1) is 29.1 Å². The van der Waals surface area contributed by atoms with E-state index in [0.717, 1.165) is 37.5 Å². The Balaban J connectivity index is 1.55. The lowest BCUT2D eigenvalue weighted by molar-refractivity contribution is -0.139. The van der Waals surface area contributed by atoms with Crippen LogP contribution >= 0.6 is 0 Å². The van der Waals surface area contributed by atoms with E-state index in [2.05, 4.69) is 12.2 Å². The van der Waals surface area contributed by atoms with Gasteiger partial charge in [0.25, 0.3) is 0 Å². The Labute approximate surface area is 111 Å². The van der Waals surface area contributed by atoms with E-state index in [-0.39, 0.29) is 0 Å². The monoisotopic (exact) mass is 249 g/mol.